The van der Waals surface area contributed by atoms with Crippen LogP contribution in [0.5, 0.6) is 0 Å². The summed E-state index contributed by atoms with van der Waals surface area (Å²) >= 11 is 6.34. The van der Waals surface area contributed by atoms with Gasteiger partial charge in [-0.3, -0.25) is 4.90 Å². The summed E-state index contributed by atoms with van der Waals surface area (Å²) in [5, 5.41) is 14.4. The van der Waals surface area contributed by atoms with Crippen molar-refractivity contribution in [1.82, 2.24) is 14.2 Å². The van der Waals surface area contributed by atoms with Crippen molar-refractivity contribution in [3.8, 4) is 0 Å². The Kier molecular flexibility index (Phi) is 5.66. The van der Waals surface area contributed by atoms with Crippen LogP contribution < -0.4 is 4.72 Å². The molecular formula is C27H28ClN3O3S. The molecule has 3 atom stereocenters. The average Bonchev–Trinajstić information content (AvgIpc) is 3.64. The van der Waals surface area contributed by atoms with Gasteiger partial charge in [0, 0.05) is 46.0 Å². The van der Waals surface area contributed by atoms with E-state index in [9.17, 15) is 13.5 Å². The Hall–Kier alpha value is -2.42. The normalized spacial score (nSPS) is 23.8. The summed E-state index contributed by atoms with van der Waals surface area (Å²) in [5.41, 5.74) is 2.98. The van der Waals surface area contributed by atoms with Crippen LogP contribution in [0, 0.1) is 6.92 Å². The summed E-state index contributed by atoms with van der Waals surface area (Å²) in [6, 6.07) is 20.2. The second kappa shape index (κ2) is 8.61. The zero-order valence-corrected chi connectivity index (χ0v) is 21.0. The lowest BCUT2D eigenvalue weighted by Gasteiger charge is -2.43. The molecule has 0 amide bonds. The number of halogens is 1. The molecule has 2 heterocycles. The number of rotatable bonds is 5. The van der Waals surface area contributed by atoms with Gasteiger partial charge >= 0.3 is 0 Å². The molecule has 6 nitrogen and oxygen atoms in total. The molecule has 0 radical (unpaired) electrons. The van der Waals surface area contributed by atoms with Gasteiger partial charge in [0.05, 0.1) is 23.1 Å². The van der Waals surface area contributed by atoms with Gasteiger partial charge in [-0.2, -0.15) is 0 Å². The predicted octanol–water partition coefficient (Wildman–Crippen LogP) is 4.48. The lowest BCUT2D eigenvalue weighted by Crippen LogP contribution is -2.59. The number of piperidine rings is 1. The molecular weight excluding hydrogens is 482 g/mol. The molecule has 6 rings (SSSR count). The van der Waals surface area contributed by atoms with E-state index >= 15 is 0 Å². The molecule has 1 aromatic heterocycles. The molecule has 2 fully saturated rings. The topological polar surface area (TPSA) is 74.6 Å². The van der Waals surface area contributed by atoms with E-state index in [2.05, 4.69) is 26.3 Å². The summed E-state index contributed by atoms with van der Waals surface area (Å²) < 4.78 is 31.5. The Morgan fingerprint density at radius 3 is 2.40 bits per heavy atom. The van der Waals surface area contributed by atoms with Gasteiger partial charge in [0.15, 0.2) is 0 Å². The van der Waals surface area contributed by atoms with Crippen LogP contribution in [0.25, 0.3) is 21.8 Å². The van der Waals surface area contributed by atoms with Gasteiger partial charge in [-0.25, -0.2) is 13.1 Å². The Morgan fingerprint density at radius 2 is 1.66 bits per heavy atom. The molecule has 8 heteroatoms. The van der Waals surface area contributed by atoms with E-state index < -0.39 is 22.2 Å². The zero-order valence-electron chi connectivity index (χ0n) is 19.4. The molecule has 182 valence electrons. The largest absolute Gasteiger partial charge is 0.389 e. The molecule has 1 saturated heterocycles. The van der Waals surface area contributed by atoms with Crippen LogP contribution in [0.1, 0.15) is 24.4 Å². The predicted molar refractivity (Wildman–Crippen MR) is 139 cm³/mol. The van der Waals surface area contributed by atoms with E-state index in [1.165, 1.54) is 0 Å². The van der Waals surface area contributed by atoms with Crippen LogP contribution >= 0.6 is 11.6 Å². The molecule has 0 bridgehead atoms. The number of nitrogens with zero attached hydrogens (tertiary/aromatic N) is 2. The fourth-order valence-electron chi connectivity index (χ4n) is 5.45. The van der Waals surface area contributed by atoms with E-state index in [1.54, 1.807) is 24.3 Å². The molecule has 0 spiro atoms. The van der Waals surface area contributed by atoms with Crippen molar-refractivity contribution < 1.29 is 13.5 Å². The van der Waals surface area contributed by atoms with Gasteiger partial charge in [0.1, 0.15) is 0 Å². The number of fused-ring (bicyclic) bond motifs is 3. The average molecular weight is 510 g/mol. The van der Waals surface area contributed by atoms with Gasteiger partial charge in [0.25, 0.3) is 0 Å². The van der Waals surface area contributed by atoms with Crippen molar-refractivity contribution in [2.45, 2.75) is 48.9 Å². The van der Waals surface area contributed by atoms with E-state index in [4.69, 9.17) is 11.6 Å². The van der Waals surface area contributed by atoms with E-state index in [0.717, 1.165) is 40.2 Å². The van der Waals surface area contributed by atoms with Crippen molar-refractivity contribution >= 4 is 43.4 Å². The van der Waals surface area contributed by atoms with Crippen LogP contribution in [0.2, 0.25) is 5.02 Å². The van der Waals surface area contributed by atoms with E-state index in [-0.39, 0.29) is 10.9 Å². The maximum absolute atomic E-state index is 13.2. The number of benzene rings is 3. The Balaban J connectivity index is 1.43. The number of aliphatic hydroxyl groups is 1. The third-order valence-electron chi connectivity index (χ3n) is 7.36. The molecule has 3 aromatic carbocycles. The molecule has 1 aliphatic carbocycles. The number of nitrogens with one attached hydrogen (secondary N) is 1. The van der Waals surface area contributed by atoms with E-state index in [0.29, 0.717) is 24.2 Å². The van der Waals surface area contributed by atoms with Gasteiger partial charge in [-0.1, -0.05) is 47.5 Å². The third kappa shape index (κ3) is 4.15. The lowest BCUT2D eigenvalue weighted by molar-refractivity contribution is 0.0104. The Labute approximate surface area is 210 Å². The molecule has 0 unspecified atom stereocenters. The van der Waals surface area contributed by atoms with Crippen LogP contribution in [0.3, 0.4) is 0 Å². The highest BCUT2D eigenvalue weighted by atomic mass is 35.5. The minimum absolute atomic E-state index is 0.210. The molecule has 4 aromatic rings. The van der Waals surface area contributed by atoms with Crippen molar-refractivity contribution in [2.75, 3.05) is 13.1 Å². The first kappa shape index (κ1) is 23.0. The second-order valence-corrected chi connectivity index (χ2v) is 12.0. The quantitative estimate of drug-likeness (QED) is 0.416. The second-order valence-electron chi connectivity index (χ2n) is 9.83. The first-order valence-corrected chi connectivity index (χ1v) is 13.9. The van der Waals surface area contributed by atoms with Crippen LogP contribution in [0.15, 0.2) is 71.6 Å². The smallest absolute Gasteiger partial charge is 0.240 e. The number of aryl methyl sites for hydroxylation is 1. The van der Waals surface area contributed by atoms with Gasteiger partial charge < -0.3 is 9.67 Å². The van der Waals surface area contributed by atoms with Crippen molar-refractivity contribution in [3.63, 3.8) is 0 Å². The zero-order chi connectivity index (χ0) is 24.3. The molecule has 2 N–H and O–H groups in total. The summed E-state index contributed by atoms with van der Waals surface area (Å²) in [6.45, 7) is 3.06. The van der Waals surface area contributed by atoms with Gasteiger partial charge in [-0.05, 0) is 56.2 Å². The van der Waals surface area contributed by atoms with Crippen LogP contribution in [0.4, 0.5) is 0 Å². The van der Waals surface area contributed by atoms with Gasteiger partial charge in [-0.15, -0.1) is 0 Å². The minimum Gasteiger partial charge on any atom is -0.389 e. The number of hydrogen-bond donors (Lipinski definition) is 2. The number of hydrogen-bond acceptors (Lipinski definition) is 4. The highest BCUT2D eigenvalue weighted by molar-refractivity contribution is 7.89. The summed E-state index contributed by atoms with van der Waals surface area (Å²) in [5.74, 6) is 0. The monoisotopic (exact) mass is 509 g/mol. The molecule has 1 saturated carbocycles. The highest BCUT2D eigenvalue weighted by Crippen LogP contribution is 2.39. The summed E-state index contributed by atoms with van der Waals surface area (Å²) in [4.78, 5) is 2.54. The maximum atomic E-state index is 13.2. The Morgan fingerprint density at radius 1 is 0.943 bits per heavy atom. The minimum atomic E-state index is -3.78. The fourth-order valence-corrected chi connectivity index (χ4v) is 6.86. The van der Waals surface area contributed by atoms with Crippen molar-refractivity contribution in [3.05, 3.63) is 77.3 Å². The van der Waals surface area contributed by atoms with Crippen LogP contribution in [-0.4, -0.2) is 54.3 Å². The molecule has 35 heavy (non-hydrogen) atoms. The van der Waals surface area contributed by atoms with E-state index in [1.807, 2.05) is 37.3 Å². The molecule has 1 aliphatic heterocycles. The van der Waals surface area contributed by atoms with Crippen LogP contribution in [-0.2, 0) is 10.0 Å². The Bertz CT molecular complexity index is 1510. The lowest BCUT2D eigenvalue weighted by atomic mass is 9.97. The SMILES string of the molecule is Cc1ccc(S(=O)(=O)N[C@@H]2CN(C3CC3)C[C@H](n3c4ccccc4c4cc(Cl)ccc43)[C@H]2O)cc1. The molecule has 2 aliphatic rings. The van der Waals surface area contributed by atoms with Crippen molar-refractivity contribution in [2.24, 2.45) is 0 Å². The number of para-hydroxylation sites is 1. The number of likely N-dealkylation sites (tertiary alicyclic amines) is 1. The maximum Gasteiger partial charge on any atom is 0.240 e. The first-order chi connectivity index (χ1) is 16.8. The van der Waals surface area contributed by atoms with Crippen molar-refractivity contribution in [1.29, 1.82) is 0 Å². The van der Waals surface area contributed by atoms with Gasteiger partial charge in [0.2, 0.25) is 10.0 Å². The number of aliphatic hydroxyl groups excluding tert-OH is 1. The first-order valence-electron chi connectivity index (χ1n) is 12.0. The third-order valence-corrected chi connectivity index (χ3v) is 9.10. The summed E-state index contributed by atoms with van der Waals surface area (Å²) in [6.07, 6.45) is 1.30. The highest BCUT2D eigenvalue weighted by Gasteiger charge is 2.44. The summed E-state index contributed by atoms with van der Waals surface area (Å²) in [7, 11) is -3.78. The number of sulfonamides is 1. The fraction of sp³-hybridized carbons (Fsp3) is 0.333. The number of aromatic nitrogens is 1. The standard InChI is InChI=1S/C27H28ClN3O3S/c1-17-6-11-20(12-7-17)35(33,34)29-23-15-30(19-9-10-19)16-26(27(23)32)31-24-5-3-2-4-21(24)22-14-18(28)8-13-25(22)31/h2-8,11-14,19,23,26-27,29,32H,9-10,15-16H2,1H3/t23-,26+,27+/m1/s1.